The Hall–Kier alpha value is -2.48. The molecule has 0 spiro atoms. The van der Waals surface area contributed by atoms with Crippen molar-refractivity contribution in [1.29, 1.82) is 0 Å². The third-order valence-corrected chi connectivity index (χ3v) is 6.04. The van der Waals surface area contributed by atoms with Gasteiger partial charge >= 0.3 is 6.03 Å². The first-order valence-electron chi connectivity index (χ1n) is 9.08. The quantitative estimate of drug-likeness (QED) is 0.827. The lowest BCUT2D eigenvalue weighted by molar-refractivity contribution is 0.0954. The van der Waals surface area contributed by atoms with Crippen molar-refractivity contribution in [3.05, 3.63) is 46.2 Å². The van der Waals surface area contributed by atoms with E-state index in [9.17, 15) is 14.0 Å². The summed E-state index contributed by atoms with van der Waals surface area (Å²) in [6.45, 7) is 4.22. The average Bonchev–Trinajstić information content (AvgIpc) is 3.29. The molecule has 2 heterocycles. The molecule has 0 bridgehead atoms. The molecule has 1 saturated heterocycles. The standard InChI is InChI=1S/C19H21FN4O2S/c1-12-16(17(25)21-10-13-4-6-15(20)7-5-13)27-18(22-12)24-9-8-23(19(24)26)11-14-2-3-14/h4-7,14H,2-3,8-11H2,1H3,(H,21,25). The first-order chi connectivity index (χ1) is 13.0. The minimum absolute atomic E-state index is 0.0195. The highest BCUT2D eigenvalue weighted by atomic mass is 32.1. The van der Waals surface area contributed by atoms with Crippen molar-refractivity contribution in [3.8, 4) is 0 Å². The van der Waals surface area contributed by atoms with Crippen molar-refractivity contribution >= 4 is 28.4 Å². The summed E-state index contributed by atoms with van der Waals surface area (Å²) in [4.78, 5) is 33.6. The molecule has 1 aliphatic heterocycles. The number of benzene rings is 1. The van der Waals surface area contributed by atoms with Gasteiger partial charge in [0.2, 0.25) is 0 Å². The predicted octanol–water partition coefficient (Wildman–Crippen LogP) is 3.17. The van der Waals surface area contributed by atoms with Crippen LogP contribution in [0.5, 0.6) is 0 Å². The maximum atomic E-state index is 13.0. The number of carbonyl (C=O) groups is 2. The highest BCUT2D eigenvalue weighted by molar-refractivity contribution is 7.17. The van der Waals surface area contributed by atoms with E-state index in [4.69, 9.17) is 0 Å². The Labute approximate surface area is 161 Å². The molecule has 1 aromatic carbocycles. The third-order valence-electron chi connectivity index (χ3n) is 4.86. The Bertz CT molecular complexity index is 863. The second-order valence-corrected chi connectivity index (χ2v) is 8.02. The van der Waals surface area contributed by atoms with E-state index < -0.39 is 0 Å². The van der Waals surface area contributed by atoms with Gasteiger partial charge in [0.1, 0.15) is 10.7 Å². The van der Waals surface area contributed by atoms with E-state index in [1.165, 1.54) is 36.3 Å². The van der Waals surface area contributed by atoms with E-state index in [0.29, 0.717) is 41.3 Å². The lowest BCUT2D eigenvalue weighted by Gasteiger charge is -2.16. The molecule has 6 nitrogen and oxygen atoms in total. The van der Waals surface area contributed by atoms with Gasteiger partial charge in [0.05, 0.1) is 5.69 Å². The number of urea groups is 1. The lowest BCUT2D eigenvalue weighted by atomic mass is 10.2. The Morgan fingerprint density at radius 3 is 2.74 bits per heavy atom. The molecule has 142 valence electrons. The maximum Gasteiger partial charge on any atom is 0.326 e. The summed E-state index contributed by atoms with van der Waals surface area (Å²) in [6.07, 6.45) is 2.41. The van der Waals surface area contributed by atoms with Gasteiger partial charge in [-0.1, -0.05) is 23.5 Å². The summed E-state index contributed by atoms with van der Waals surface area (Å²) < 4.78 is 13.0. The predicted molar refractivity (Wildman–Crippen MR) is 101 cm³/mol. The van der Waals surface area contributed by atoms with Crippen molar-refractivity contribution in [2.45, 2.75) is 26.3 Å². The molecule has 1 saturated carbocycles. The molecule has 1 aromatic heterocycles. The first kappa shape index (κ1) is 17.9. The summed E-state index contributed by atoms with van der Waals surface area (Å²) in [6, 6.07) is 5.98. The van der Waals surface area contributed by atoms with Crippen LogP contribution >= 0.6 is 11.3 Å². The fourth-order valence-corrected chi connectivity index (χ4v) is 4.12. The van der Waals surface area contributed by atoms with Gasteiger partial charge in [-0.15, -0.1) is 0 Å². The number of nitrogens with zero attached hydrogens (tertiary/aromatic N) is 3. The number of halogens is 1. The van der Waals surface area contributed by atoms with Crippen molar-refractivity contribution in [3.63, 3.8) is 0 Å². The van der Waals surface area contributed by atoms with Crippen LogP contribution in [0.2, 0.25) is 0 Å². The number of thiazole rings is 1. The van der Waals surface area contributed by atoms with E-state index in [-0.39, 0.29) is 17.8 Å². The highest BCUT2D eigenvalue weighted by Crippen LogP contribution is 2.33. The summed E-state index contributed by atoms with van der Waals surface area (Å²) >= 11 is 1.24. The van der Waals surface area contributed by atoms with Crippen LogP contribution in [0.1, 0.15) is 33.8 Å². The van der Waals surface area contributed by atoms with Gasteiger partial charge < -0.3 is 10.2 Å². The van der Waals surface area contributed by atoms with Gasteiger partial charge in [-0.25, -0.2) is 14.2 Å². The summed E-state index contributed by atoms with van der Waals surface area (Å²) in [5, 5.41) is 3.40. The fraction of sp³-hybridized carbons (Fsp3) is 0.421. The zero-order chi connectivity index (χ0) is 19.0. The molecule has 3 amide bonds. The molecule has 2 aliphatic rings. The summed E-state index contributed by atoms with van der Waals surface area (Å²) in [5.41, 5.74) is 1.43. The van der Waals surface area contributed by atoms with Gasteiger partial charge in [0, 0.05) is 26.2 Å². The van der Waals surface area contributed by atoms with Crippen LogP contribution in [0.15, 0.2) is 24.3 Å². The van der Waals surface area contributed by atoms with Crippen molar-refractivity contribution in [1.82, 2.24) is 15.2 Å². The molecule has 0 unspecified atom stereocenters. The van der Waals surface area contributed by atoms with Crippen LogP contribution in [0.3, 0.4) is 0 Å². The SMILES string of the molecule is Cc1nc(N2CCN(CC3CC3)C2=O)sc1C(=O)NCc1ccc(F)cc1. The van der Waals surface area contributed by atoms with Crippen LogP contribution in [-0.2, 0) is 6.54 Å². The number of aromatic nitrogens is 1. The molecule has 8 heteroatoms. The Morgan fingerprint density at radius 2 is 2.04 bits per heavy atom. The van der Waals surface area contributed by atoms with Gasteiger partial charge in [0.15, 0.2) is 5.13 Å². The Morgan fingerprint density at radius 1 is 1.30 bits per heavy atom. The second-order valence-electron chi connectivity index (χ2n) is 7.04. The summed E-state index contributed by atoms with van der Waals surface area (Å²) in [5.74, 6) is 0.112. The molecule has 1 N–H and O–H groups in total. The molecule has 1 aliphatic carbocycles. The Balaban J connectivity index is 1.40. The van der Waals surface area contributed by atoms with E-state index in [2.05, 4.69) is 10.3 Å². The highest BCUT2D eigenvalue weighted by Gasteiger charge is 2.35. The number of anilines is 1. The number of amides is 3. The zero-order valence-corrected chi connectivity index (χ0v) is 15.9. The number of hydrogen-bond donors (Lipinski definition) is 1. The largest absolute Gasteiger partial charge is 0.347 e. The molecule has 4 rings (SSSR count). The molecule has 2 fully saturated rings. The van der Waals surface area contributed by atoms with Crippen LogP contribution in [0.25, 0.3) is 0 Å². The van der Waals surface area contributed by atoms with Crippen LogP contribution < -0.4 is 10.2 Å². The number of carbonyl (C=O) groups excluding carboxylic acids is 2. The van der Waals surface area contributed by atoms with Crippen molar-refractivity contribution in [2.24, 2.45) is 5.92 Å². The number of aryl methyl sites for hydroxylation is 1. The smallest absolute Gasteiger partial charge is 0.326 e. The molecule has 0 atom stereocenters. The van der Waals surface area contributed by atoms with E-state index in [1.807, 2.05) is 4.90 Å². The van der Waals surface area contributed by atoms with Gasteiger partial charge in [-0.3, -0.25) is 9.69 Å². The van der Waals surface area contributed by atoms with E-state index >= 15 is 0 Å². The van der Waals surface area contributed by atoms with Gasteiger partial charge in [-0.2, -0.15) is 0 Å². The van der Waals surface area contributed by atoms with Crippen molar-refractivity contribution in [2.75, 3.05) is 24.5 Å². The molecular formula is C19H21FN4O2S. The van der Waals surface area contributed by atoms with Crippen molar-refractivity contribution < 1.29 is 14.0 Å². The zero-order valence-electron chi connectivity index (χ0n) is 15.1. The van der Waals surface area contributed by atoms with Crippen LogP contribution in [0, 0.1) is 18.7 Å². The van der Waals surface area contributed by atoms with E-state index in [1.54, 1.807) is 24.0 Å². The Kier molecular flexibility index (Phi) is 4.82. The molecular weight excluding hydrogens is 367 g/mol. The molecule has 2 aromatic rings. The normalized spacial score (nSPS) is 16.9. The minimum Gasteiger partial charge on any atom is -0.347 e. The van der Waals surface area contributed by atoms with E-state index in [0.717, 1.165) is 12.1 Å². The maximum absolute atomic E-state index is 13.0. The van der Waals surface area contributed by atoms with Gasteiger partial charge in [0.25, 0.3) is 5.91 Å². The number of nitrogens with one attached hydrogen (secondary N) is 1. The molecule has 27 heavy (non-hydrogen) atoms. The third kappa shape index (κ3) is 3.95. The number of hydrogen-bond acceptors (Lipinski definition) is 4. The topological polar surface area (TPSA) is 65.5 Å². The summed E-state index contributed by atoms with van der Waals surface area (Å²) in [7, 11) is 0. The number of rotatable bonds is 6. The molecule has 0 radical (unpaired) electrons. The lowest BCUT2D eigenvalue weighted by Crippen LogP contribution is -2.33. The fourth-order valence-electron chi connectivity index (χ4n) is 3.11. The average molecular weight is 388 g/mol. The monoisotopic (exact) mass is 388 g/mol. The second kappa shape index (κ2) is 7.26. The first-order valence-corrected chi connectivity index (χ1v) is 9.89. The van der Waals surface area contributed by atoms with Gasteiger partial charge in [-0.05, 0) is 43.4 Å². The van der Waals surface area contributed by atoms with Crippen LogP contribution in [-0.4, -0.2) is 41.5 Å². The van der Waals surface area contributed by atoms with Crippen LogP contribution in [0.4, 0.5) is 14.3 Å². The minimum atomic E-state index is -0.306.